The van der Waals surface area contributed by atoms with E-state index in [0.29, 0.717) is 11.5 Å². The maximum Gasteiger partial charge on any atom is 0.192 e. The first-order valence-corrected chi connectivity index (χ1v) is 10.6. The van der Waals surface area contributed by atoms with Crippen LogP contribution in [0.25, 0.3) is 0 Å². The molecule has 1 fully saturated rings. The molecule has 18 heavy (non-hydrogen) atoms. The van der Waals surface area contributed by atoms with Crippen molar-refractivity contribution in [2.45, 2.75) is 91.5 Å². The van der Waals surface area contributed by atoms with Gasteiger partial charge in [-0.05, 0) is 42.3 Å². The molecule has 1 nitrogen and oxygen atoms in total. The molecule has 1 aliphatic rings. The van der Waals surface area contributed by atoms with Gasteiger partial charge in [0.25, 0.3) is 0 Å². The highest BCUT2D eigenvalue weighted by molar-refractivity contribution is 6.73. The molecule has 0 radical (unpaired) electrons. The molecule has 0 amide bonds. The molecule has 2 atom stereocenters. The summed E-state index contributed by atoms with van der Waals surface area (Å²) >= 11 is 0. The summed E-state index contributed by atoms with van der Waals surface area (Å²) < 4.78 is 6.80. The van der Waals surface area contributed by atoms with Crippen molar-refractivity contribution >= 4 is 8.32 Å². The number of hydrogen-bond acceptors (Lipinski definition) is 1. The SMILES string of the molecule is CC[Si](CC)(CC)OC1CCCCC1C(C)(C)C. The second kappa shape index (κ2) is 6.56. The Hall–Kier alpha value is 0.177. The predicted octanol–water partition coefficient (Wildman–Crippen LogP) is 5.61. The zero-order chi connectivity index (χ0) is 13.8. The van der Waals surface area contributed by atoms with Crippen LogP contribution >= 0.6 is 0 Å². The van der Waals surface area contributed by atoms with Gasteiger partial charge in [0.2, 0.25) is 0 Å². The monoisotopic (exact) mass is 270 g/mol. The van der Waals surface area contributed by atoms with Gasteiger partial charge in [0.15, 0.2) is 8.32 Å². The molecule has 0 aromatic carbocycles. The lowest BCUT2D eigenvalue weighted by atomic mass is 9.71. The lowest BCUT2D eigenvalue weighted by Gasteiger charge is -2.44. The van der Waals surface area contributed by atoms with E-state index in [2.05, 4.69) is 41.5 Å². The van der Waals surface area contributed by atoms with Crippen LogP contribution in [0.5, 0.6) is 0 Å². The summed E-state index contributed by atoms with van der Waals surface area (Å²) in [5, 5.41) is 0. The molecule has 0 spiro atoms. The van der Waals surface area contributed by atoms with Crippen molar-refractivity contribution in [1.82, 2.24) is 0 Å². The molecule has 2 unspecified atom stereocenters. The van der Waals surface area contributed by atoms with Crippen LogP contribution in [-0.2, 0) is 4.43 Å². The molecule has 0 bridgehead atoms. The van der Waals surface area contributed by atoms with Crippen molar-refractivity contribution in [3.63, 3.8) is 0 Å². The minimum Gasteiger partial charge on any atom is -0.414 e. The summed E-state index contributed by atoms with van der Waals surface area (Å²) in [6, 6.07) is 3.86. The van der Waals surface area contributed by atoms with Gasteiger partial charge in [-0.2, -0.15) is 0 Å². The van der Waals surface area contributed by atoms with E-state index in [0.717, 1.165) is 5.92 Å². The van der Waals surface area contributed by atoms with E-state index >= 15 is 0 Å². The molecule has 108 valence electrons. The van der Waals surface area contributed by atoms with Crippen molar-refractivity contribution in [2.24, 2.45) is 11.3 Å². The second-order valence-corrected chi connectivity index (χ2v) is 11.9. The fourth-order valence-corrected chi connectivity index (χ4v) is 6.47. The Labute approximate surface area is 116 Å². The fourth-order valence-electron chi connectivity index (χ4n) is 3.55. The van der Waals surface area contributed by atoms with Crippen molar-refractivity contribution in [1.29, 1.82) is 0 Å². The Balaban J connectivity index is 2.78. The predicted molar refractivity (Wildman–Crippen MR) is 83.5 cm³/mol. The molecular weight excluding hydrogens is 236 g/mol. The molecule has 1 saturated carbocycles. The van der Waals surface area contributed by atoms with Crippen molar-refractivity contribution in [3.05, 3.63) is 0 Å². The van der Waals surface area contributed by atoms with Crippen LogP contribution in [0.2, 0.25) is 18.1 Å². The summed E-state index contributed by atoms with van der Waals surface area (Å²) in [7, 11) is -1.43. The van der Waals surface area contributed by atoms with Crippen molar-refractivity contribution in [2.75, 3.05) is 0 Å². The molecule has 0 saturated heterocycles. The highest BCUT2D eigenvalue weighted by atomic mass is 28.4. The van der Waals surface area contributed by atoms with E-state index < -0.39 is 8.32 Å². The molecule has 0 heterocycles. The van der Waals surface area contributed by atoms with Crippen molar-refractivity contribution < 1.29 is 4.43 Å². The van der Waals surface area contributed by atoms with E-state index in [4.69, 9.17) is 4.43 Å². The molecule has 2 heteroatoms. The zero-order valence-electron chi connectivity index (χ0n) is 13.5. The Morgan fingerprint density at radius 3 is 1.89 bits per heavy atom. The summed E-state index contributed by atoms with van der Waals surface area (Å²) in [5.41, 5.74) is 0.403. The maximum atomic E-state index is 6.80. The first-order valence-electron chi connectivity index (χ1n) is 8.06. The minimum atomic E-state index is -1.43. The summed E-state index contributed by atoms with van der Waals surface area (Å²) in [6.07, 6.45) is 6.00. The zero-order valence-corrected chi connectivity index (χ0v) is 14.5. The van der Waals surface area contributed by atoms with Gasteiger partial charge in [0.1, 0.15) is 0 Å². The largest absolute Gasteiger partial charge is 0.414 e. The summed E-state index contributed by atoms with van der Waals surface area (Å²) in [6.45, 7) is 14.2. The van der Waals surface area contributed by atoms with E-state index in [-0.39, 0.29) is 0 Å². The first kappa shape index (κ1) is 16.2. The molecular formula is C16H34OSi. The third kappa shape index (κ3) is 3.83. The highest BCUT2D eigenvalue weighted by Crippen LogP contribution is 2.41. The van der Waals surface area contributed by atoms with Crippen LogP contribution in [0, 0.1) is 11.3 Å². The summed E-state index contributed by atoms with van der Waals surface area (Å²) in [5.74, 6) is 0.766. The topological polar surface area (TPSA) is 9.23 Å². The van der Waals surface area contributed by atoms with Gasteiger partial charge >= 0.3 is 0 Å². The number of rotatable bonds is 5. The van der Waals surface area contributed by atoms with E-state index in [1.165, 1.54) is 43.8 Å². The van der Waals surface area contributed by atoms with E-state index in [1.807, 2.05) is 0 Å². The standard InChI is InChI=1S/C16H34OSi/c1-7-18(8-2,9-3)17-15-13-11-10-12-14(15)16(4,5)6/h14-15H,7-13H2,1-6H3. The van der Waals surface area contributed by atoms with E-state index in [1.54, 1.807) is 0 Å². The molecule has 0 N–H and O–H groups in total. The van der Waals surface area contributed by atoms with Gasteiger partial charge in [-0.3, -0.25) is 0 Å². The van der Waals surface area contributed by atoms with Gasteiger partial charge in [-0.1, -0.05) is 54.4 Å². The van der Waals surface area contributed by atoms with Gasteiger partial charge < -0.3 is 4.43 Å². The molecule has 0 aliphatic heterocycles. The van der Waals surface area contributed by atoms with E-state index in [9.17, 15) is 0 Å². The van der Waals surface area contributed by atoms with Crippen LogP contribution < -0.4 is 0 Å². The Kier molecular flexibility index (Phi) is 5.92. The smallest absolute Gasteiger partial charge is 0.192 e. The van der Waals surface area contributed by atoms with Crippen LogP contribution in [0.1, 0.15) is 67.2 Å². The molecule has 1 aliphatic carbocycles. The average Bonchev–Trinajstić information content (AvgIpc) is 2.35. The molecule has 0 aromatic heterocycles. The third-order valence-corrected chi connectivity index (χ3v) is 9.82. The summed E-state index contributed by atoms with van der Waals surface area (Å²) in [4.78, 5) is 0. The quantitative estimate of drug-likeness (QED) is 0.590. The lowest BCUT2D eigenvalue weighted by molar-refractivity contribution is 0.0205. The third-order valence-electron chi connectivity index (χ3n) is 5.15. The first-order chi connectivity index (χ1) is 8.38. The normalized spacial score (nSPS) is 26.3. The molecule has 1 rings (SSSR count). The minimum absolute atomic E-state index is 0.403. The van der Waals surface area contributed by atoms with Gasteiger partial charge in [-0.25, -0.2) is 0 Å². The lowest BCUT2D eigenvalue weighted by Crippen LogP contribution is -2.46. The van der Waals surface area contributed by atoms with Crippen LogP contribution in [-0.4, -0.2) is 14.4 Å². The Morgan fingerprint density at radius 2 is 1.44 bits per heavy atom. The Morgan fingerprint density at radius 1 is 0.944 bits per heavy atom. The molecule has 0 aromatic rings. The second-order valence-electron chi connectivity index (χ2n) is 7.16. The van der Waals surface area contributed by atoms with Crippen molar-refractivity contribution in [3.8, 4) is 0 Å². The van der Waals surface area contributed by atoms with Gasteiger partial charge in [-0.15, -0.1) is 0 Å². The van der Waals surface area contributed by atoms with Crippen LogP contribution in [0.15, 0.2) is 0 Å². The maximum absolute atomic E-state index is 6.80. The van der Waals surface area contributed by atoms with Gasteiger partial charge in [0.05, 0.1) is 0 Å². The fraction of sp³-hybridized carbons (Fsp3) is 1.00. The van der Waals surface area contributed by atoms with Crippen LogP contribution in [0.4, 0.5) is 0 Å². The highest BCUT2D eigenvalue weighted by Gasteiger charge is 2.39. The van der Waals surface area contributed by atoms with Crippen LogP contribution in [0.3, 0.4) is 0 Å². The van der Waals surface area contributed by atoms with Gasteiger partial charge in [0, 0.05) is 6.10 Å². The Bertz CT molecular complexity index is 232. The average molecular weight is 271 g/mol. The number of hydrogen-bond donors (Lipinski definition) is 0.